The van der Waals surface area contributed by atoms with Crippen molar-refractivity contribution in [1.82, 2.24) is 15.2 Å². The van der Waals surface area contributed by atoms with Crippen molar-refractivity contribution in [2.45, 2.75) is 18.6 Å². The Morgan fingerprint density at radius 1 is 1.28 bits per heavy atom. The third-order valence-electron chi connectivity index (χ3n) is 3.95. The number of fused-ring (bicyclic) bond motifs is 1. The standard InChI is InChI=1S/C18H15N3O2S2/c1-2-11-5-3-6-12-13(9-19-16(11)12)14(22)10-25-18-21-20-17(23-18)15-7-4-8-24-15/h3-9,19H,2,10H2,1H3. The van der Waals surface area contributed by atoms with E-state index in [1.54, 1.807) is 17.5 Å². The summed E-state index contributed by atoms with van der Waals surface area (Å²) in [6.45, 7) is 2.10. The number of thioether (sulfide) groups is 1. The van der Waals surface area contributed by atoms with E-state index in [1.165, 1.54) is 17.3 Å². The van der Waals surface area contributed by atoms with Crippen molar-refractivity contribution in [2.24, 2.45) is 0 Å². The van der Waals surface area contributed by atoms with Gasteiger partial charge in [-0.1, -0.05) is 43.0 Å². The molecule has 0 aliphatic carbocycles. The van der Waals surface area contributed by atoms with Crippen molar-refractivity contribution >= 4 is 39.8 Å². The summed E-state index contributed by atoms with van der Waals surface area (Å²) in [5, 5.41) is 11.4. The quantitative estimate of drug-likeness (QED) is 0.390. The minimum atomic E-state index is 0.0420. The van der Waals surface area contributed by atoms with Gasteiger partial charge in [0.25, 0.3) is 11.1 Å². The number of aromatic nitrogens is 3. The van der Waals surface area contributed by atoms with Gasteiger partial charge in [0, 0.05) is 22.7 Å². The van der Waals surface area contributed by atoms with Crippen molar-refractivity contribution in [3.05, 3.63) is 53.0 Å². The third kappa shape index (κ3) is 3.12. The van der Waals surface area contributed by atoms with Gasteiger partial charge in [0.05, 0.1) is 10.6 Å². The Bertz CT molecular complexity index is 1020. The molecule has 3 aromatic heterocycles. The van der Waals surface area contributed by atoms with Crippen molar-refractivity contribution in [3.8, 4) is 10.8 Å². The number of ketones is 1. The average Bonchev–Trinajstić information content (AvgIpc) is 3.38. The fourth-order valence-corrected chi connectivity index (χ4v) is 4.01. The highest BCUT2D eigenvalue weighted by molar-refractivity contribution is 7.99. The zero-order chi connectivity index (χ0) is 17.2. The number of hydrogen-bond acceptors (Lipinski definition) is 6. The molecule has 0 radical (unpaired) electrons. The predicted octanol–water partition coefficient (Wildman–Crippen LogP) is 4.82. The number of aromatic amines is 1. The fraction of sp³-hybridized carbons (Fsp3) is 0.167. The molecule has 4 aromatic rings. The molecular formula is C18H15N3O2S2. The summed E-state index contributed by atoms with van der Waals surface area (Å²) in [6.07, 6.45) is 2.71. The largest absolute Gasteiger partial charge is 0.410 e. The van der Waals surface area contributed by atoms with Crippen molar-refractivity contribution < 1.29 is 9.21 Å². The summed E-state index contributed by atoms with van der Waals surface area (Å²) in [4.78, 5) is 16.8. The van der Waals surface area contributed by atoms with Gasteiger partial charge in [0.15, 0.2) is 5.78 Å². The molecule has 0 fully saturated rings. The van der Waals surface area contributed by atoms with Gasteiger partial charge in [0.1, 0.15) is 0 Å². The highest BCUT2D eigenvalue weighted by atomic mass is 32.2. The Kier molecular flexibility index (Phi) is 4.42. The van der Waals surface area contributed by atoms with Crippen LogP contribution in [0.5, 0.6) is 0 Å². The number of thiophene rings is 1. The predicted molar refractivity (Wildman–Crippen MR) is 100 cm³/mol. The van der Waals surface area contributed by atoms with Gasteiger partial charge in [-0.05, 0) is 23.4 Å². The summed E-state index contributed by atoms with van der Waals surface area (Å²) in [5.74, 6) is 0.792. The number of hydrogen-bond donors (Lipinski definition) is 1. The number of H-pyrrole nitrogens is 1. The molecule has 0 bridgehead atoms. The van der Waals surface area contributed by atoms with Crippen LogP contribution in [-0.2, 0) is 6.42 Å². The van der Waals surface area contributed by atoms with Crippen LogP contribution in [-0.4, -0.2) is 26.7 Å². The van der Waals surface area contributed by atoms with Crippen LogP contribution in [0.2, 0.25) is 0 Å². The van der Waals surface area contributed by atoms with Crippen molar-refractivity contribution in [3.63, 3.8) is 0 Å². The van der Waals surface area contributed by atoms with Gasteiger partial charge >= 0.3 is 0 Å². The van der Waals surface area contributed by atoms with Crippen LogP contribution in [0.15, 0.2) is 51.5 Å². The number of carbonyl (C=O) groups is 1. The molecule has 126 valence electrons. The molecule has 0 saturated carbocycles. The molecule has 4 rings (SSSR count). The maximum Gasteiger partial charge on any atom is 0.277 e. The maximum atomic E-state index is 12.6. The summed E-state index contributed by atoms with van der Waals surface area (Å²) in [7, 11) is 0. The van der Waals surface area contributed by atoms with Gasteiger partial charge in [-0.3, -0.25) is 4.79 Å². The molecular weight excluding hydrogens is 354 g/mol. The Balaban J connectivity index is 1.50. The van der Waals surface area contributed by atoms with Crippen LogP contribution in [0.1, 0.15) is 22.8 Å². The monoisotopic (exact) mass is 369 g/mol. The van der Waals surface area contributed by atoms with Crippen LogP contribution < -0.4 is 0 Å². The van der Waals surface area contributed by atoms with E-state index in [2.05, 4.69) is 28.2 Å². The summed E-state index contributed by atoms with van der Waals surface area (Å²) in [6, 6.07) is 9.90. The average molecular weight is 369 g/mol. The Hall–Kier alpha value is -2.38. The van der Waals surface area contributed by atoms with Crippen LogP contribution >= 0.6 is 23.1 Å². The van der Waals surface area contributed by atoms with E-state index in [0.717, 1.165) is 22.2 Å². The molecule has 1 N–H and O–H groups in total. The second kappa shape index (κ2) is 6.85. The van der Waals surface area contributed by atoms with Crippen LogP contribution in [0.3, 0.4) is 0 Å². The first-order valence-electron chi connectivity index (χ1n) is 7.88. The van der Waals surface area contributed by atoms with E-state index in [0.29, 0.717) is 16.7 Å². The molecule has 0 atom stereocenters. The number of benzene rings is 1. The summed E-state index contributed by atoms with van der Waals surface area (Å²) >= 11 is 2.80. The minimum absolute atomic E-state index is 0.0420. The van der Waals surface area contributed by atoms with E-state index in [1.807, 2.05) is 29.6 Å². The number of nitrogens with one attached hydrogen (secondary N) is 1. The molecule has 1 aromatic carbocycles. The Labute approximate surface area is 152 Å². The lowest BCUT2D eigenvalue weighted by Gasteiger charge is -2.00. The lowest BCUT2D eigenvalue weighted by molar-refractivity contribution is 0.102. The van der Waals surface area contributed by atoms with Crippen LogP contribution in [0.25, 0.3) is 21.7 Å². The normalized spacial score (nSPS) is 11.2. The van der Waals surface area contributed by atoms with E-state index in [9.17, 15) is 4.79 Å². The Morgan fingerprint density at radius 2 is 2.20 bits per heavy atom. The molecule has 0 amide bonds. The molecule has 0 saturated heterocycles. The van der Waals surface area contributed by atoms with E-state index in [4.69, 9.17) is 4.42 Å². The van der Waals surface area contributed by atoms with Gasteiger partial charge in [-0.15, -0.1) is 21.5 Å². The number of para-hydroxylation sites is 1. The number of carbonyl (C=O) groups excluding carboxylic acids is 1. The molecule has 7 heteroatoms. The first kappa shape index (κ1) is 16.1. The number of Topliss-reactive ketones (excluding diaryl/α,β-unsaturated/α-hetero) is 1. The molecule has 0 aliphatic rings. The van der Waals surface area contributed by atoms with Gasteiger partial charge in [-0.2, -0.15) is 0 Å². The first-order chi connectivity index (χ1) is 12.3. The molecule has 0 aliphatic heterocycles. The van der Waals surface area contributed by atoms with Crippen LogP contribution in [0.4, 0.5) is 0 Å². The van der Waals surface area contributed by atoms with Crippen molar-refractivity contribution in [1.29, 1.82) is 0 Å². The topological polar surface area (TPSA) is 71.8 Å². The number of rotatable bonds is 6. The number of aryl methyl sites for hydroxylation is 1. The minimum Gasteiger partial charge on any atom is -0.410 e. The highest BCUT2D eigenvalue weighted by Crippen LogP contribution is 2.28. The molecule has 0 unspecified atom stereocenters. The third-order valence-corrected chi connectivity index (χ3v) is 5.62. The van der Waals surface area contributed by atoms with E-state index < -0.39 is 0 Å². The fourth-order valence-electron chi connectivity index (χ4n) is 2.72. The molecule has 5 nitrogen and oxygen atoms in total. The zero-order valence-corrected chi connectivity index (χ0v) is 15.1. The van der Waals surface area contributed by atoms with Crippen LogP contribution in [0, 0.1) is 0 Å². The van der Waals surface area contributed by atoms with E-state index in [-0.39, 0.29) is 11.5 Å². The Morgan fingerprint density at radius 3 is 3.00 bits per heavy atom. The van der Waals surface area contributed by atoms with Gasteiger partial charge in [0.2, 0.25) is 0 Å². The van der Waals surface area contributed by atoms with Gasteiger partial charge in [-0.25, -0.2) is 0 Å². The molecule has 0 spiro atoms. The maximum absolute atomic E-state index is 12.6. The van der Waals surface area contributed by atoms with Crippen molar-refractivity contribution in [2.75, 3.05) is 5.75 Å². The highest BCUT2D eigenvalue weighted by Gasteiger charge is 2.16. The summed E-state index contributed by atoms with van der Waals surface area (Å²) < 4.78 is 5.61. The zero-order valence-electron chi connectivity index (χ0n) is 13.5. The number of nitrogens with zero attached hydrogens (tertiary/aromatic N) is 2. The summed E-state index contributed by atoms with van der Waals surface area (Å²) in [5.41, 5.74) is 2.95. The molecule has 3 heterocycles. The lowest BCUT2D eigenvalue weighted by Crippen LogP contribution is -2.01. The second-order valence-corrected chi connectivity index (χ2v) is 7.33. The SMILES string of the molecule is CCc1cccc2c(C(=O)CSc3nnc(-c4cccs4)o3)c[nH]c12. The molecule has 25 heavy (non-hydrogen) atoms. The smallest absolute Gasteiger partial charge is 0.277 e. The lowest BCUT2D eigenvalue weighted by atomic mass is 10.1. The van der Waals surface area contributed by atoms with Gasteiger partial charge < -0.3 is 9.40 Å². The first-order valence-corrected chi connectivity index (χ1v) is 9.75. The second-order valence-electron chi connectivity index (χ2n) is 5.46. The van der Waals surface area contributed by atoms with E-state index >= 15 is 0 Å².